The molecule has 0 aliphatic rings. The maximum atomic E-state index is 4.22. The fourth-order valence-electron chi connectivity index (χ4n) is 1.87. The van der Waals surface area contributed by atoms with Gasteiger partial charge >= 0.3 is 0 Å². The minimum atomic E-state index is 1.11. The second kappa shape index (κ2) is 7.31. The van der Waals surface area contributed by atoms with E-state index in [0.717, 1.165) is 6.42 Å². The van der Waals surface area contributed by atoms with E-state index < -0.39 is 0 Å². The molecule has 1 aromatic heterocycles. The standard InChI is InChI=1S/C16H16IN/c17-11-5-4-10-16(14-7-2-1-3-8-14)15-9-6-12-18-13-15/h1-3,6-10,12-13H,4-5,11H2. The highest BCUT2D eigenvalue weighted by atomic mass is 127. The van der Waals surface area contributed by atoms with Crippen molar-refractivity contribution in [2.75, 3.05) is 4.43 Å². The SMILES string of the molecule is ICCCC=C(c1ccccc1)c1cccnc1. The molecule has 0 unspecified atom stereocenters. The lowest BCUT2D eigenvalue weighted by molar-refractivity contribution is 0.987. The molecule has 0 aliphatic carbocycles. The van der Waals surface area contributed by atoms with Gasteiger partial charge in [0.05, 0.1) is 0 Å². The van der Waals surface area contributed by atoms with Gasteiger partial charge in [-0.05, 0) is 34.5 Å². The number of nitrogens with zero attached hydrogens (tertiary/aromatic N) is 1. The fourth-order valence-corrected chi connectivity index (χ4v) is 2.31. The monoisotopic (exact) mass is 349 g/mol. The molecule has 0 bridgehead atoms. The molecule has 0 amide bonds. The molecular formula is C16H16IN. The summed E-state index contributed by atoms with van der Waals surface area (Å²) in [6.45, 7) is 0. The second-order valence-corrected chi connectivity index (χ2v) is 5.14. The van der Waals surface area contributed by atoms with Gasteiger partial charge in [-0.25, -0.2) is 0 Å². The van der Waals surface area contributed by atoms with Gasteiger partial charge in [0.1, 0.15) is 0 Å². The topological polar surface area (TPSA) is 12.9 Å². The molecule has 0 saturated heterocycles. The average Bonchev–Trinajstić information content (AvgIpc) is 2.46. The van der Waals surface area contributed by atoms with Crippen LogP contribution in [0.5, 0.6) is 0 Å². The van der Waals surface area contributed by atoms with Gasteiger partial charge in [0.2, 0.25) is 0 Å². The van der Waals surface area contributed by atoms with E-state index in [9.17, 15) is 0 Å². The Bertz CT molecular complexity index is 450. The smallest absolute Gasteiger partial charge is 0.0346 e. The van der Waals surface area contributed by atoms with Crippen LogP contribution < -0.4 is 0 Å². The van der Waals surface area contributed by atoms with Crippen molar-refractivity contribution in [3.8, 4) is 0 Å². The quantitative estimate of drug-likeness (QED) is 0.432. The minimum absolute atomic E-state index is 1.11. The first kappa shape index (κ1) is 13.3. The van der Waals surface area contributed by atoms with Crippen molar-refractivity contribution in [1.82, 2.24) is 4.98 Å². The highest BCUT2D eigenvalue weighted by Gasteiger charge is 2.03. The van der Waals surface area contributed by atoms with Crippen LogP contribution in [0.25, 0.3) is 5.57 Å². The molecule has 1 aromatic carbocycles. The highest BCUT2D eigenvalue weighted by molar-refractivity contribution is 14.1. The molecular weight excluding hydrogens is 333 g/mol. The van der Waals surface area contributed by atoms with Crippen LogP contribution in [0.4, 0.5) is 0 Å². The van der Waals surface area contributed by atoms with Crippen LogP contribution in [0.1, 0.15) is 24.0 Å². The summed E-state index contributed by atoms with van der Waals surface area (Å²) >= 11 is 2.42. The van der Waals surface area contributed by atoms with Gasteiger partial charge in [-0.1, -0.05) is 65.1 Å². The van der Waals surface area contributed by atoms with Crippen molar-refractivity contribution in [3.63, 3.8) is 0 Å². The van der Waals surface area contributed by atoms with Crippen molar-refractivity contribution in [3.05, 3.63) is 72.1 Å². The summed E-state index contributed by atoms with van der Waals surface area (Å²) in [6.07, 6.45) is 8.41. The van der Waals surface area contributed by atoms with Gasteiger partial charge in [-0.15, -0.1) is 0 Å². The lowest BCUT2D eigenvalue weighted by Crippen LogP contribution is -1.89. The molecule has 0 fully saturated rings. The number of alkyl halides is 1. The summed E-state index contributed by atoms with van der Waals surface area (Å²) in [5, 5.41) is 0. The molecule has 0 aliphatic heterocycles. The summed E-state index contributed by atoms with van der Waals surface area (Å²) in [4.78, 5) is 4.22. The van der Waals surface area contributed by atoms with Crippen LogP contribution in [0.15, 0.2) is 60.9 Å². The molecule has 1 heterocycles. The van der Waals surface area contributed by atoms with Crippen molar-refractivity contribution in [1.29, 1.82) is 0 Å². The Morgan fingerprint density at radius 2 is 1.83 bits per heavy atom. The van der Waals surface area contributed by atoms with Gasteiger partial charge in [0.15, 0.2) is 0 Å². The largest absolute Gasteiger partial charge is 0.264 e. The van der Waals surface area contributed by atoms with E-state index >= 15 is 0 Å². The minimum Gasteiger partial charge on any atom is -0.264 e. The number of hydrogen-bond donors (Lipinski definition) is 0. The van der Waals surface area contributed by atoms with Crippen molar-refractivity contribution >= 4 is 28.2 Å². The van der Waals surface area contributed by atoms with Crippen LogP contribution in [-0.4, -0.2) is 9.41 Å². The van der Waals surface area contributed by atoms with E-state index in [1.807, 2.05) is 18.5 Å². The first-order valence-corrected chi connectivity index (χ1v) is 7.66. The van der Waals surface area contributed by atoms with Crippen molar-refractivity contribution < 1.29 is 0 Å². The van der Waals surface area contributed by atoms with E-state index in [-0.39, 0.29) is 0 Å². The van der Waals surface area contributed by atoms with Crippen molar-refractivity contribution in [2.45, 2.75) is 12.8 Å². The molecule has 0 saturated carbocycles. The first-order valence-electron chi connectivity index (χ1n) is 6.14. The predicted octanol–water partition coefficient (Wildman–Crippen LogP) is 4.73. The number of allylic oxidation sites excluding steroid dienone is 1. The molecule has 1 nitrogen and oxygen atoms in total. The zero-order valence-electron chi connectivity index (χ0n) is 10.2. The van der Waals surface area contributed by atoms with Crippen LogP contribution in [0, 0.1) is 0 Å². The second-order valence-electron chi connectivity index (χ2n) is 4.06. The summed E-state index contributed by atoms with van der Waals surface area (Å²) in [5.74, 6) is 0. The van der Waals surface area contributed by atoms with Crippen LogP contribution >= 0.6 is 22.6 Å². The van der Waals surface area contributed by atoms with E-state index in [1.165, 1.54) is 27.5 Å². The Labute approximate surface area is 122 Å². The number of rotatable bonds is 5. The third-order valence-corrected chi connectivity index (χ3v) is 3.51. The predicted molar refractivity (Wildman–Crippen MR) is 85.9 cm³/mol. The van der Waals surface area contributed by atoms with Gasteiger partial charge in [0, 0.05) is 18.0 Å². The van der Waals surface area contributed by atoms with Gasteiger partial charge in [-0.2, -0.15) is 0 Å². The molecule has 92 valence electrons. The fraction of sp³-hybridized carbons (Fsp3) is 0.188. The molecule has 0 radical (unpaired) electrons. The van der Waals surface area contributed by atoms with E-state index in [1.54, 1.807) is 0 Å². The Kier molecular flexibility index (Phi) is 5.39. The Morgan fingerprint density at radius 3 is 2.50 bits per heavy atom. The summed E-state index contributed by atoms with van der Waals surface area (Å²) < 4.78 is 1.20. The molecule has 0 N–H and O–H groups in total. The van der Waals surface area contributed by atoms with Gasteiger partial charge in [-0.3, -0.25) is 4.98 Å². The van der Waals surface area contributed by atoms with Crippen LogP contribution in [-0.2, 0) is 0 Å². The first-order chi connectivity index (χ1) is 8.92. The zero-order chi connectivity index (χ0) is 12.6. The molecule has 2 heteroatoms. The lowest BCUT2D eigenvalue weighted by Gasteiger charge is -2.08. The van der Waals surface area contributed by atoms with Crippen LogP contribution in [0.2, 0.25) is 0 Å². The van der Waals surface area contributed by atoms with Crippen molar-refractivity contribution in [2.24, 2.45) is 0 Å². The third-order valence-electron chi connectivity index (χ3n) is 2.74. The maximum Gasteiger partial charge on any atom is 0.0346 e. The maximum absolute atomic E-state index is 4.22. The van der Waals surface area contributed by atoms with E-state index in [0.29, 0.717) is 0 Å². The molecule has 2 rings (SSSR count). The summed E-state index contributed by atoms with van der Waals surface area (Å²) in [7, 11) is 0. The number of pyridine rings is 1. The summed E-state index contributed by atoms with van der Waals surface area (Å²) in [5.41, 5.74) is 3.74. The Balaban J connectivity index is 2.33. The number of benzene rings is 1. The number of halogens is 1. The van der Waals surface area contributed by atoms with E-state index in [2.05, 4.69) is 70.0 Å². The lowest BCUT2D eigenvalue weighted by atomic mass is 9.98. The number of unbranched alkanes of at least 4 members (excludes halogenated alkanes) is 1. The van der Waals surface area contributed by atoms with E-state index in [4.69, 9.17) is 0 Å². The number of hydrogen-bond acceptors (Lipinski definition) is 1. The summed E-state index contributed by atoms with van der Waals surface area (Å²) in [6, 6.07) is 14.6. The molecule has 0 atom stereocenters. The number of aromatic nitrogens is 1. The van der Waals surface area contributed by atoms with Gasteiger partial charge < -0.3 is 0 Å². The normalized spacial score (nSPS) is 11.5. The molecule has 18 heavy (non-hydrogen) atoms. The molecule has 0 spiro atoms. The Hall–Kier alpha value is -1.16. The highest BCUT2D eigenvalue weighted by Crippen LogP contribution is 2.23. The van der Waals surface area contributed by atoms with Gasteiger partial charge in [0.25, 0.3) is 0 Å². The average molecular weight is 349 g/mol. The zero-order valence-corrected chi connectivity index (χ0v) is 12.4. The third kappa shape index (κ3) is 3.67. The Morgan fingerprint density at radius 1 is 1.06 bits per heavy atom. The van der Waals surface area contributed by atoms with Crippen LogP contribution in [0.3, 0.4) is 0 Å². The molecule has 2 aromatic rings.